The first-order valence-electron chi connectivity index (χ1n) is 5.31. The summed E-state index contributed by atoms with van der Waals surface area (Å²) in [6.45, 7) is 5.80. The number of aromatic nitrogens is 2. The Morgan fingerprint density at radius 3 is 2.50 bits per heavy atom. The summed E-state index contributed by atoms with van der Waals surface area (Å²) in [5, 5.41) is 8.85. The van der Waals surface area contributed by atoms with E-state index in [0.717, 1.165) is 12.0 Å². The minimum atomic E-state index is -0.871. The first-order chi connectivity index (χ1) is 7.54. The van der Waals surface area contributed by atoms with Crippen LogP contribution in [0, 0.1) is 6.92 Å². The van der Waals surface area contributed by atoms with Crippen molar-refractivity contribution in [2.45, 2.75) is 33.2 Å². The van der Waals surface area contributed by atoms with E-state index in [1.165, 1.54) is 0 Å². The third-order valence-electron chi connectivity index (χ3n) is 2.45. The first kappa shape index (κ1) is 12.4. The van der Waals surface area contributed by atoms with E-state index >= 15 is 0 Å². The quantitative estimate of drug-likeness (QED) is 0.818. The van der Waals surface area contributed by atoms with E-state index in [2.05, 4.69) is 9.97 Å². The molecule has 16 heavy (non-hydrogen) atoms. The molecule has 0 saturated carbocycles. The molecule has 1 aromatic heterocycles. The number of hydrogen-bond donors (Lipinski definition) is 1. The summed E-state index contributed by atoms with van der Waals surface area (Å²) < 4.78 is 0. The maximum atomic E-state index is 10.8. The third kappa shape index (κ3) is 3.18. The molecule has 1 aromatic rings. The highest BCUT2D eigenvalue weighted by atomic mass is 16.4. The lowest BCUT2D eigenvalue weighted by Crippen LogP contribution is -2.38. The zero-order chi connectivity index (χ0) is 12.1. The molecule has 0 aromatic carbocycles. The van der Waals surface area contributed by atoms with Crippen LogP contribution in [-0.4, -0.2) is 33.6 Å². The Bertz CT molecular complexity index is 351. The molecule has 1 unspecified atom stereocenters. The Morgan fingerprint density at radius 2 is 2.06 bits per heavy atom. The second-order valence-corrected chi connectivity index (χ2v) is 3.84. The number of carboxylic acids is 1. The molecule has 5 heteroatoms. The number of aryl methyl sites for hydroxylation is 1. The highest BCUT2D eigenvalue weighted by Gasteiger charge is 2.18. The van der Waals surface area contributed by atoms with Crippen LogP contribution in [0.25, 0.3) is 0 Å². The van der Waals surface area contributed by atoms with E-state index in [4.69, 9.17) is 5.11 Å². The second kappa shape index (κ2) is 5.44. The number of carbonyl (C=O) groups is 1. The van der Waals surface area contributed by atoms with Gasteiger partial charge in [-0.2, -0.15) is 0 Å². The Labute approximate surface area is 95.1 Å². The van der Waals surface area contributed by atoms with Crippen LogP contribution in [0.3, 0.4) is 0 Å². The Balaban J connectivity index is 2.91. The molecule has 0 radical (unpaired) electrons. The zero-order valence-corrected chi connectivity index (χ0v) is 9.84. The first-order valence-corrected chi connectivity index (χ1v) is 5.31. The molecule has 1 N–H and O–H groups in total. The van der Waals surface area contributed by atoms with E-state index in [1.807, 2.05) is 20.8 Å². The van der Waals surface area contributed by atoms with Crippen LogP contribution in [0.5, 0.6) is 0 Å². The molecule has 0 spiro atoms. The predicted octanol–water partition coefficient (Wildman–Crippen LogP) is 1.47. The highest BCUT2D eigenvalue weighted by Crippen LogP contribution is 2.12. The minimum Gasteiger partial charge on any atom is -0.480 e. The van der Waals surface area contributed by atoms with Crippen molar-refractivity contribution in [3.8, 4) is 0 Å². The van der Waals surface area contributed by atoms with Gasteiger partial charge in [0.25, 0.3) is 0 Å². The molecule has 0 aliphatic rings. The average molecular weight is 223 g/mol. The van der Waals surface area contributed by atoms with E-state index < -0.39 is 5.97 Å². The summed E-state index contributed by atoms with van der Waals surface area (Å²) >= 11 is 0. The van der Waals surface area contributed by atoms with Crippen LogP contribution in [0.1, 0.15) is 25.8 Å². The third-order valence-corrected chi connectivity index (χ3v) is 2.45. The molecular formula is C11H17N3O2. The van der Waals surface area contributed by atoms with Crippen LogP contribution in [0.15, 0.2) is 12.4 Å². The van der Waals surface area contributed by atoms with Gasteiger partial charge < -0.3 is 10.0 Å². The summed E-state index contributed by atoms with van der Waals surface area (Å²) in [7, 11) is 0. The predicted molar refractivity (Wildman–Crippen MR) is 61.5 cm³/mol. The van der Waals surface area contributed by atoms with Crippen molar-refractivity contribution in [3.63, 3.8) is 0 Å². The van der Waals surface area contributed by atoms with Crippen molar-refractivity contribution >= 4 is 11.9 Å². The molecule has 0 saturated heterocycles. The summed E-state index contributed by atoms with van der Waals surface area (Å²) in [6.07, 6.45) is 4.24. The molecular weight excluding hydrogens is 206 g/mol. The minimum absolute atomic E-state index is 0.0714. The van der Waals surface area contributed by atoms with E-state index in [1.54, 1.807) is 17.3 Å². The lowest BCUT2D eigenvalue weighted by atomic mass is 10.2. The molecule has 88 valence electrons. The SMILES string of the molecule is CCC(C)N(CC(=O)O)c1ncc(C)cn1. The Kier molecular flexibility index (Phi) is 4.22. The fourth-order valence-corrected chi connectivity index (χ4v) is 1.32. The van der Waals surface area contributed by atoms with Crippen molar-refractivity contribution in [1.82, 2.24) is 9.97 Å². The Morgan fingerprint density at radius 1 is 1.50 bits per heavy atom. The zero-order valence-electron chi connectivity index (χ0n) is 9.84. The smallest absolute Gasteiger partial charge is 0.323 e. The van der Waals surface area contributed by atoms with E-state index in [0.29, 0.717) is 5.95 Å². The van der Waals surface area contributed by atoms with Gasteiger partial charge in [0, 0.05) is 18.4 Å². The number of carboxylic acid groups (broad SMARTS) is 1. The van der Waals surface area contributed by atoms with Crippen molar-refractivity contribution in [1.29, 1.82) is 0 Å². The molecule has 1 heterocycles. The number of hydrogen-bond acceptors (Lipinski definition) is 4. The summed E-state index contributed by atoms with van der Waals surface area (Å²) in [6, 6.07) is 0.110. The molecule has 5 nitrogen and oxygen atoms in total. The van der Waals surface area contributed by atoms with Gasteiger partial charge in [-0.05, 0) is 25.8 Å². The van der Waals surface area contributed by atoms with Crippen molar-refractivity contribution in [3.05, 3.63) is 18.0 Å². The fraction of sp³-hybridized carbons (Fsp3) is 0.545. The maximum absolute atomic E-state index is 10.8. The van der Waals surface area contributed by atoms with Gasteiger partial charge in [0.1, 0.15) is 6.54 Å². The van der Waals surface area contributed by atoms with Crippen LogP contribution >= 0.6 is 0 Å². The van der Waals surface area contributed by atoms with Crippen LogP contribution in [-0.2, 0) is 4.79 Å². The summed E-state index contributed by atoms with van der Waals surface area (Å²) in [4.78, 5) is 20.8. The lowest BCUT2D eigenvalue weighted by Gasteiger charge is -2.26. The van der Waals surface area contributed by atoms with Gasteiger partial charge >= 0.3 is 5.97 Å². The number of aliphatic carboxylic acids is 1. The molecule has 0 aliphatic heterocycles. The van der Waals surface area contributed by atoms with Gasteiger partial charge in [0.2, 0.25) is 5.95 Å². The number of rotatable bonds is 5. The molecule has 0 fully saturated rings. The standard InChI is InChI=1S/C11H17N3O2/c1-4-9(3)14(7-10(15)16)11-12-5-8(2)6-13-11/h5-6,9H,4,7H2,1-3H3,(H,15,16). The maximum Gasteiger partial charge on any atom is 0.323 e. The fourth-order valence-electron chi connectivity index (χ4n) is 1.32. The normalized spacial score (nSPS) is 12.2. The van der Waals surface area contributed by atoms with Gasteiger partial charge in [-0.25, -0.2) is 9.97 Å². The molecule has 0 bridgehead atoms. The number of anilines is 1. The average Bonchev–Trinajstić information content (AvgIpc) is 2.26. The van der Waals surface area contributed by atoms with E-state index in [9.17, 15) is 4.79 Å². The van der Waals surface area contributed by atoms with Crippen molar-refractivity contribution < 1.29 is 9.90 Å². The van der Waals surface area contributed by atoms with Crippen LogP contribution in [0.4, 0.5) is 5.95 Å². The summed E-state index contributed by atoms with van der Waals surface area (Å²) in [5.41, 5.74) is 0.961. The van der Waals surface area contributed by atoms with Gasteiger partial charge in [0.05, 0.1) is 0 Å². The van der Waals surface area contributed by atoms with Gasteiger partial charge in [-0.15, -0.1) is 0 Å². The largest absolute Gasteiger partial charge is 0.480 e. The lowest BCUT2D eigenvalue weighted by molar-refractivity contribution is -0.135. The molecule has 0 aliphatic carbocycles. The second-order valence-electron chi connectivity index (χ2n) is 3.84. The van der Waals surface area contributed by atoms with Crippen molar-refractivity contribution in [2.75, 3.05) is 11.4 Å². The van der Waals surface area contributed by atoms with E-state index in [-0.39, 0.29) is 12.6 Å². The Hall–Kier alpha value is -1.65. The molecule has 0 amide bonds. The molecule has 1 atom stereocenters. The van der Waals surface area contributed by atoms with Crippen molar-refractivity contribution in [2.24, 2.45) is 0 Å². The highest BCUT2D eigenvalue weighted by molar-refractivity contribution is 5.72. The van der Waals surface area contributed by atoms with Gasteiger partial charge in [-0.1, -0.05) is 6.92 Å². The van der Waals surface area contributed by atoms with Crippen LogP contribution < -0.4 is 4.90 Å². The number of nitrogens with zero attached hydrogens (tertiary/aromatic N) is 3. The monoisotopic (exact) mass is 223 g/mol. The summed E-state index contributed by atoms with van der Waals surface area (Å²) in [5.74, 6) is -0.396. The molecule has 1 rings (SSSR count). The topological polar surface area (TPSA) is 66.3 Å². The van der Waals surface area contributed by atoms with Gasteiger partial charge in [-0.3, -0.25) is 4.79 Å². The van der Waals surface area contributed by atoms with Crippen LogP contribution in [0.2, 0.25) is 0 Å². The van der Waals surface area contributed by atoms with Gasteiger partial charge in [0.15, 0.2) is 0 Å².